The van der Waals surface area contributed by atoms with Gasteiger partial charge in [0.2, 0.25) is 5.91 Å². The number of thioether (sulfide) groups is 1. The Kier molecular flexibility index (Phi) is 9.27. The molecule has 0 spiro atoms. The molecule has 0 radical (unpaired) electrons. The Balaban J connectivity index is 1.28. The maximum absolute atomic E-state index is 13.4. The van der Waals surface area contributed by atoms with Gasteiger partial charge in [-0.05, 0) is 55.5 Å². The fourth-order valence-corrected chi connectivity index (χ4v) is 5.05. The molecule has 0 bridgehead atoms. The van der Waals surface area contributed by atoms with Crippen LogP contribution in [0.25, 0.3) is 17.4 Å². The first kappa shape index (κ1) is 28.6. The lowest BCUT2D eigenvalue weighted by Gasteiger charge is -2.11. The van der Waals surface area contributed by atoms with E-state index in [2.05, 4.69) is 20.9 Å². The van der Waals surface area contributed by atoms with Crippen LogP contribution < -0.4 is 16.0 Å². The van der Waals surface area contributed by atoms with Crippen molar-refractivity contribution in [1.29, 1.82) is 0 Å². The van der Waals surface area contributed by atoms with Crippen LogP contribution in [0.4, 0.5) is 10.8 Å². The fraction of sp³-hybridized carbons (Fsp3) is 0.0625. The maximum atomic E-state index is 13.4. The molecule has 5 rings (SSSR count). The molecule has 210 valence electrons. The van der Waals surface area contributed by atoms with Crippen LogP contribution in [0.1, 0.15) is 21.7 Å². The third-order valence-corrected chi connectivity index (χ3v) is 7.64. The Bertz CT molecular complexity index is 1700. The van der Waals surface area contributed by atoms with Gasteiger partial charge >= 0.3 is 0 Å². The van der Waals surface area contributed by atoms with E-state index in [1.54, 1.807) is 54.0 Å². The predicted molar refractivity (Wildman–Crippen MR) is 167 cm³/mol. The van der Waals surface area contributed by atoms with E-state index in [1.807, 2.05) is 55.5 Å². The monoisotopic (exact) mass is 594 g/mol. The second-order valence-electron chi connectivity index (χ2n) is 9.10. The highest BCUT2D eigenvalue weighted by molar-refractivity contribution is 8.00. The molecule has 2 heterocycles. The van der Waals surface area contributed by atoms with E-state index >= 15 is 0 Å². The number of carbonyl (C=O) groups excluding carboxylic acids is 3. The van der Waals surface area contributed by atoms with Gasteiger partial charge in [-0.1, -0.05) is 48.0 Å². The van der Waals surface area contributed by atoms with Gasteiger partial charge in [0.1, 0.15) is 17.2 Å². The number of aryl methyl sites for hydroxylation is 1. The van der Waals surface area contributed by atoms with Gasteiger partial charge in [0.05, 0.1) is 5.75 Å². The van der Waals surface area contributed by atoms with Crippen LogP contribution in [-0.2, 0) is 9.59 Å². The first-order valence-electron chi connectivity index (χ1n) is 12.9. The summed E-state index contributed by atoms with van der Waals surface area (Å²) in [5, 5.41) is 10.6. The summed E-state index contributed by atoms with van der Waals surface area (Å²) in [6.07, 6.45) is 3.13. The van der Waals surface area contributed by atoms with Crippen molar-refractivity contribution < 1.29 is 18.8 Å². The van der Waals surface area contributed by atoms with E-state index in [-0.39, 0.29) is 17.4 Å². The van der Waals surface area contributed by atoms with Crippen molar-refractivity contribution in [3.63, 3.8) is 0 Å². The van der Waals surface area contributed by atoms with Gasteiger partial charge in [0.15, 0.2) is 5.13 Å². The normalized spacial score (nSPS) is 11.1. The van der Waals surface area contributed by atoms with Crippen molar-refractivity contribution in [2.75, 3.05) is 16.4 Å². The summed E-state index contributed by atoms with van der Waals surface area (Å²) in [7, 11) is 0. The number of benzene rings is 3. The first-order chi connectivity index (χ1) is 20.4. The molecule has 3 amide bonds. The van der Waals surface area contributed by atoms with Crippen molar-refractivity contribution in [1.82, 2.24) is 10.3 Å². The van der Waals surface area contributed by atoms with Crippen molar-refractivity contribution in [3.8, 4) is 11.3 Å². The second-order valence-corrected chi connectivity index (χ2v) is 11.0. The van der Waals surface area contributed by atoms with Gasteiger partial charge in [0, 0.05) is 39.4 Å². The number of carbonyl (C=O) groups is 3. The lowest BCUT2D eigenvalue weighted by atomic mass is 10.1. The molecule has 3 aromatic carbocycles. The van der Waals surface area contributed by atoms with Crippen molar-refractivity contribution >= 4 is 57.7 Å². The van der Waals surface area contributed by atoms with E-state index in [4.69, 9.17) is 4.42 Å². The number of thiazole rings is 1. The van der Waals surface area contributed by atoms with Crippen LogP contribution in [0, 0.1) is 6.92 Å². The van der Waals surface area contributed by atoms with Crippen LogP contribution in [-0.4, -0.2) is 28.5 Å². The largest absolute Gasteiger partial charge is 0.457 e. The predicted octanol–water partition coefficient (Wildman–Crippen LogP) is 6.85. The van der Waals surface area contributed by atoms with Crippen LogP contribution in [0.3, 0.4) is 0 Å². The molecule has 3 N–H and O–H groups in total. The Hall–Kier alpha value is -4.93. The van der Waals surface area contributed by atoms with E-state index < -0.39 is 11.8 Å². The second kappa shape index (κ2) is 13.6. The van der Waals surface area contributed by atoms with Crippen LogP contribution in [0.2, 0.25) is 0 Å². The zero-order valence-corrected chi connectivity index (χ0v) is 24.1. The molecule has 0 aliphatic heterocycles. The number of hydrogen-bond donors (Lipinski definition) is 3. The molecular weight excluding hydrogens is 569 g/mol. The highest BCUT2D eigenvalue weighted by Crippen LogP contribution is 2.25. The molecule has 0 atom stereocenters. The number of hydrogen-bond acceptors (Lipinski definition) is 7. The molecule has 0 fully saturated rings. The van der Waals surface area contributed by atoms with Crippen LogP contribution in [0.5, 0.6) is 0 Å². The number of aromatic nitrogens is 1. The summed E-state index contributed by atoms with van der Waals surface area (Å²) >= 11 is 2.72. The molecule has 0 aliphatic carbocycles. The lowest BCUT2D eigenvalue weighted by molar-refractivity contribution is -0.114. The standard InChI is InChI=1S/C32H26N4O4S2/c1-21-7-9-22(10-8-21)28-16-13-25(40-28)19-27(35-30(38)23-5-3-2-4-6-23)31(39)34-24-11-14-26(15-12-24)42-20-29(37)36-32-33-17-18-41-32/h2-19H,20H2,1H3,(H,34,39)(H,35,38)(H,33,36,37)/b27-19+. The third kappa shape index (κ3) is 7.84. The van der Waals surface area contributed by atoms with Gasteiger partial charge in [-0.3, -0.25) is 14.4 Å². The van der Waals surface area contributed by atoms with Gasteiger partial charge in [0.25, 0.3) is 11.8 Å². The van der Waals surface area contributed by atoms with Crippen molar-refractivity contribution in [2.45, 2.75) is 11.8 Å². The molecule has 2 aromatic heterocycles. The Morgan fingerprint density at radius 3 is 2.38 bits per heavy atom. The topological polar surface area (TPSA) is 113 Å². The molecule has 10 heteroatoms. The van der Waals surface area contributed by atoms with Gasteiger partial charge in [-0.25, -0.2) is 4.98 Å². The number of nitrogens with one attached hydrogen (secondary N) is 3. The van der Waals surface area contributed by atoms with E-state index in [1.165, 1.54) is 29.2 Å². The number of furan rings is 1. The summed E-state index contributed by atoms with van der Waals surface area (Å²) in [5.41, 5.74) is 2.99. The van der Waals surface area contributed by atoms with E-state index in [9.17, 15) is 14.4 Å². The molecule has 0 unspecified atom stereocenters. The first-order valence-corrected chi connectivity index (χ1v) is 14.8. The molecule has 8 nitrogen and oxygen atoms in total. The van der Waals surface area contributed by atoms with Crippen molar-refractivity contribution in [2.24, 2.45) is 0 Å². The molecule has 0 saturated heterocycles. The number of anilines is 2. The summed E-state index contributed by atoms with van der Waals surface area (Å²) in [4.78, 5) is 43.3. The van der Waals surface area contributed by atoms with Crippen LogP contribution in [0.15, 0.2) is 118 Å². The van der Waals surface area contributed by atoms with Gasteiger partial charge in [-0.15, -0.1) is 23.1 Å². The van der Waals surface area contributed by atoms with E-state index in [0.717, 1.165) is 16.0 Å². The fourth-order valence-electron chi connectivity index (χ4n) is 3.81. The quantitative estimate of drug-likeness (QED) is 0.120. The SMILES string of the molecule is Cc1ccc(-c2ccc(/C=C(/NC(=O)c3ccccc3)C(=O)Nc3ccc(SCC(=O)Nc4nccs4)cc3)o2)cc1. The smallest absolute Gasteiger partial charge is 0.272 e. The maximum Gasteiger partial charge on any atom is 0.272 e. The minimum absolute atomic E-state index is 0.0194. The number of rotatable bonds is 10. The number of amides is 3. The molecule has 5 aromatic rings. The van der Waals surface area contributed by atoms with Crippen LogP contribution >= 0.6 is 23.1 Å². The molecular formula is C32H26N4O4S2. The zero-order chi connectivity index (χ0) is 29.3. The average molecular weight is 595 g/mol. The van der Waals surface area contributed by atoms with E-state index in [0.29, 0.717) is 27.9 Å². The molecule has 42 heavy (non-hydrogen) atoms. The average Bonchev–Trinajstić information content (AvgIpc) is 3.70. The summed E-state index contributed by atoms with van der Waals surface area (Å²) in [6, 6.07) is 27.2. The minimum Gasteiger partial charge on any atom is -0.457 e. The third-order valence-electron chi connectivity index (χ3n) is 5.94. The van der Waals surface area contributed by atoms with Gasteiger partial charge < -0.3 is 20.4 Å². The Morgan fingerprint density at radius 1 is 0.905 bits per heavy atom. The minimum atomic E-state index is -0.518. The highest BCUT2D eigenvalue weighted by Gasteiger charge is 2.16. The number of nitrogens with zero attached hydrogens (tertiary/aromatic N) is 1. The van der Waals surface area contributed by atoms with Gasteiger partial charge in [-0.2, -0.15) is 0 Å². The molecule has 0 aliphatic rings. The molecule has 0 saturated carbocycles. The summed E-state index contributed by atoms with van der Waals surface area (Å²) in [6.45, 7) is 2.01. The Labute approximate surface area is 250 Å². The summed E-state index contributed by atoms with van der Waals surface area (Å²) < 4.78 is 5.98. The summed E-state index contributed by atoms with van der Waals surface area (Å²) in [5.74, 6) is 0.175. The lowest BCUT2D eigenvalue weighted by Crippen LogP contribution is -2.30. The zero-order valence-electron chi connectivity index (χ0n) is 22.5. The van der Waals surface area contributed by atoms with Crippen molar-refractivity contribution in [3.05, 3.63) is 125 Å². The Morgan fingerprint density at radius 2 is 1.67 bits per heavy atom. The highest BCUT2D eigenvalue weighted by atomic mass is 32.2.